The Balaban J connectivity index is 4.28. The second kappa shape index (κ2) is 3.71. The van der Waals surface area contributed by atoms with E-state index in [1.165, 1.54) is 7.11 Å². The van der Waals surface area contributed by atoms with E-state index in [1.807, 2.05) is 0 Å². The first-order valence-corrected chi connectivity index (χ1v) is 3.31. The number of hydrogen-bond donors (Lipinski definition) is 1. The van der Waals surface area contributed by atoms with Gasteiger partial charge in [0.1, 0.15) is 9.34 Å². The van der Waals surface area contributed by atoms with Gasteiger partial charge in [0.25, 0.3) is 0 Å². The quantitative estimate of drug-likeness (QED) is 0.452. The molecule has 0 rings (SSSR count). The monoisotopic (exact) mass is 242 g/mol. The lowest BCUT2D eigenvalue weighted by molar-refractivity contribution is -0.131. The van der Waals surface area contributed by atoms with E-state index < -0.39 is 5.97 Å². The fourth-order valence-electron chi connectivity index (χ4n) is 0.240. The number of ether oxygens (including phenoxy) is 1. The number of carboxylic acid groups (broad SMARTS) is 1. The highest BCUT2D eigenvalue weighted by molar-refractivity contribution is 14.1. The fraction of sp³-hybridized carbons (Fsp3) is 0.400. The van der Waals surface area contributed by atoms with Gasteiger partial charge in [-0.05, 0) is 29.5 Å². The second-order valence-corrected chi connectivity index (χ2v) is 2.46. The smallest absolute Gasteiger partial charge is 0.345 e. The van der Waals surface area contributed by atoms with Crippen molar-refractivity contribution < 1.29 is 14.6 Å². The molecule has 0 spiro atoms. The van der Waals surface area contributed by atoms with Crippen molar-refractivity contribution in [2.24, 2.45) is 0 Å². The highest BCUT2D eigenvalue weighted by Gasteiger charge is 2.05. The Morgan fingerprint density at radius 2 is 2.11 bits per heavy atom. The van der Waals surface area contributed by atoms with Gasteiger partial charge in [0.2, 0.25) is 0 Å². The third kappa shape index (κ3) is 2.69. The molecule has 0 heterocycles. The van der Waals surface area contributed by atoms with Gasteiger partial charge in [0, 0.05) is 0 Å². The molecule has 0 saturated carbocycles. The van der Waals surface area contributed by atoms with E-state index in [0.717, 1.165) is 0 Å². The van der Waals surface area contributed by atoms with Crippen LogP contribution in [0, 0.1) is 0 Å². The topological polar surface area (TPSA) is 46.5 Å². The van der Waals surface area contributed by atoms with Crippen molar-refractivity contribution in [2.75, 3.05) is 7.11 Å². The van der Waals surface area contributed by atoms with Gasteiger partial charge < -0.3 is 9.84 Å². The van der Waals surface area contributed by atoms with E-state index in [2.05, 4.69) is 4.74 Å². The summed E-state index contributed by atoms with van der Waals surface area (Å²) in [5, 5.41) is 8.34. The average molecular weight is 242 g/mol. The summed E-state index contributed by atoms with van der Waals surface area (Å²) in [6, 6.07) is 0. The van der Waals surface area contributed by atoms with E-state index >= 15 is 0 Å². The van der Waals surface area contributed by atoms with E-state index in [9.17, 15) is 4.79 Å². The third-order valence-electron chi connectivity index (χ3n) is 0.803. The molecule has 0 aromatic heterocycles. The Bertz CT molecular complexity index is 150. The minimum Gasteiger partial charge on any atom is -0.500 e. The van der Waals surface area contributed by atoms with Crippen LogP contribution in [0.5, 0.6) is 0 Å². The molecule has 4 heteroatoms. The molecule has 0 aromatic rings. The van der Waals surface area contributed by atoms with Crippen LogP contribution in [-0.4, -0.2) is 18.2 Å². The molecular formula is C5H7IO3. The van der Waals surface area contributed by atoms with Gasteiger partial charge >= 0.3 is 5.97 Å². The maximum absolute atomic E-state index is 10.2. The summed E-state index contributed by atoms with van der Waals surface area (Å²) in [5.74, 6) is -0.516. The zero-order chi connectivity index (χ0) is 7.44. The molecule has 0 aromatic carbocycles. The third-order valence-corrected chi connectivity index (χ3v) is 2.02. The largest absolute Gasteiger partial charge is 0.500 e. The molecule has 0 aliphatic rings. The van der Waals surface area contributed by atoms with Crippen LogP contribution >= 0.6 is 22.6 Å². The standard InChI is InChI=1S/C5H7IO3/c1-3(9-2)4(6)5(7)8/h1-2H3,(H,7,8)/b4-3+. The molecule has 52 valence electrons. The molecule has 0 radical (unpaired) electrons. The Labute approximate surface area is 66.8 Å². The maximum Gasteiger partial charge on any atom is 0.345 e. The lowest BCUT2D eigenvalue weighted by Gasteiger charge is -1.98. The molecule has 0 aliphatic heterocycles. The predicted octanol–water partition coefficient (Wildman–Crippen LogP) is 1.38. The zero-order valence-electron chi connectivity index (χ0n) is 5.14. The van der Waals surface area contributed by atoms with E-state index in [0.29, 0.717) is 5.76 Å². The van der Waals surface area contributed by atoms with Gasteiger partial charge in [-0.25, -0.2) is 4.79 Å². The Morgan fingerprint density at radius 3 is 2.22 bits per heavy atom. The first-order chi connectivity index (χ1) is 4.09. The second-order valence-electron chi connectivity index (χ2n) is 1.38. The highest BCUT2D eigenvalue weighted by Crippen LogP contribution is 2.12. The number of carboxylic acids is 1. The summed E-state index contributed by atoms with van der Waals surface area (Å²) >= 11 is 1.71. The number of rotatable bonds is 2. The Kier molecular flexibility index (Phi) is 3.60. The first kappa shape index (κ1) is 8.74. The van der Waals surface area contributed by atoms with Crippen LogP contribution in [0.15, 0.2) is 9.34 Å². The van der Waals surface area contributed by atoms with E-state index in [1.54, 1.807) is 29.5 Å². The molecule has 0 atom stereocenters. The van der Waals surface area contributed by atoms with Crippen LogP contribution in [-0.2, 0) is 9.53 Å². The van der Waals surface area contributed by atoms with Crippen LogP contribution in [0.25, 0.3) is 0 Å². The van der Waals surface area contributed by atoms with Crippen LogP contribution in [0.2, 0.25) is 0 Å². The summed E-state index contributed by atoms with van der Waals surface area (Å²) in [7, 11) is 1.44. The average Bonchev–Trinajstić information content (AvgIpc) is 1.84. The lowest BCUT2D eigenvalue weighted by Crippen LogP contribution is -1.97. The van der Waals surface area contributed by atoms with Gasteiger partial charge in [-0.1, -0.05) is 0 Å². The van der Waals surface area contributed by atoms with Crippen molar-refractivity contribution in [2.45, 2.75) is 6.92 Å². The summed E-state index contributed by atoms with van der Waals surface area (Å²) in [4.78, 5) is 10.2. The predicted molar refractivity (Wildman–Crippen MR) is 41.4 cm³/mol. The Hall–Kier alpha value is -0.260. The Morgan fingerprint density at radius 1 is 1.67 bits per heavy atom. The van der Waals surface area contributed by atoms with Gasteiger partial charge in [-0.15, -0.1) is 0 Å². The summed E-state index contributed by atoms with van der Waals surface area (Å²) in [6.45, 7) is 1.61. The summed E-state index contributed by atoms with van der Waals surface area (Å²) < 4.78 is 4.88. The highest BCUT2D eigenvalue weighted by atomic mass is 127. The number of halogens is 1. The molecule has 0 fully saturated rings. The zero-order valence-corrected chi connectivity index (χ0v) is 7.30. The minimum atomic E-state index is -0.949. The molecule has 0 saturated heterocycles. The summed E-state index contributed by atoms with van der Waals surface area (Å²) in [5.41, 5.74) is 0. The summed E-state index contributed by atoms with van der Waals surface area (Å²) in [6.07, 6.45) is 0. The molecule has 0 bridgehead atoms. The van der Waals surface area contributed by atoms with Crippen molar-refractivity contribution >= 4 is 28.6 Å². The molecule has 0 amide bonds. The lowest BCUT2D eigenvalue weighted by atomic mass is 10.5. The van der Waals surface area contributed by atoms with Gasteiger partial charge in [-0.3, -0.25) is 0 Å². The number of carbonyl (C=O) groups is 1. The van der Waals surface area contributed by atoms with Crippen molar-refractivity contribution in [3.05, 3.63) is 9.34 Å². The van der Waals surface area contributed by atoms with Gasteiger partial charge in [0.15, 0.2) is 0 Å². The molecule has 0 aliphatic carbocycles. The number of hydrogen-bond acceptors (Lipinski definition) is 2. The normalized spacial score (nSPS) is 12.3. The number of aliphatic carboxylic acids is 1. The number of allylic oxidation sites excluding steroid dienone is 1. The van der Waals surface area contributed by atoms with Crippen molar-refractivity contribution in [1.82, 2.24) is 0 Å². The molecule has 0 unspecified atom stereocenters. The minimum absolute atomic E-state index is 0.218. The number of methoxy groups -OCH3 is 1. The molecule has 1 N–H and O–H groups in total. The van der Waals surface area contributed by atoms with Crippen LogP contribution in [0.4, 0.5) is 0 Å². The van der Waals surface area contributed by atoms with E-state index in [-0.39, 0.29) is 3.58 Å². The fourth-order valence-corrected chi connectivity index (χ4v) is 0.460. The first-order valence-electron chi connectivity index (χ1n) is 2.23. The molecule has 3 nitrogen and oxygen atoms in total. The molecular weight excluding hydrogens is 235 g/mol. The molecule has 9 heavy (non-hydrogen) atoms. The van der Waals surface area contributed by atoms with E-state index in [4.69, 9.17) is 5.11 Å². The van der Waals surface area contributed by atoms with Crippen molar-refractivity contribution in [1.29, 1.82) is 0 Å². The maximum atomic E-state index is 10.2. The van der Waals surface area contributed by atoms with Crippen molar-refractivity contribution in [3.8, 4) is 0 Å². The van der Waals surface area contributed by atoms with Gasteiger partial charge in [-0.2, -0.15) is 0 Å². The van der Waals surface area contributed by atoms with Crippen LogP contribution in [0.1, 0.15) is 6.92 Å². The van der Waals surface area contributed by atoms with Crippen LogP contribution in [0.3, 0.4) is 0 Å². The van der Waals surface area contributed by atoms with Crippen LogP contribution < -0.4 is 0 Å². The van der Waals surface area contributed by atoms with Crippen molar-refractivity contribution in [3.63, 3.8) is 0 Å². The van der Waals surface area contributed by atoms with Gasteiger partial charge in [0.05, 0.1) is 7.11 Å². The SMILES string of the molecule is CO/C(C)=C(/I)C(=O)O.